The number of imide groups is 1. The average molecular weight is 310 g/mol. The van der Waals surface area contributed by atoms with Crippen molar-refractivity contribution < 1.29 is 18.4 Å². The van der Waals surface area contributed by atoms with E-state index >= 15 is 0 Å². The van der Waals surface area contributed by atoms with Gasteiger partial charge in [0, 0.05) is 32.2 Å². The first-order valence-electron chi connectivity index (χ1n) is 7.03. The molecule has 118 valence electrons. The van der Waals surface area contributed by atoms with Crippen LogP contribution in [-0.4, -0.2) is 52.4 Å². The molecule has 0 aromatic carbocycles. The Morgan fingerprint density at radius 3 is 2.32 bits per heavy atom. The predicted molar refractivity (Wildman–Crippen MR) is 72.7 cm³/mol. The molecule has 22 heavy (non-hydrogen) atoms. The van der Waals surface area contributed by atoms with Crippen LogP contribution in [-0.2, 0) is 11.3 Å². The molecule has 6 nitrogen and oxygen atoms in total. The minimum absolute atomic E-state index is 0.0233. The van der Waals surface area contributed by atoms with E-state index in [0.29, 0.717) is 25.9 Å². The number of nitrogens with one attached hydrogen (secondary N) is 1. The zero-order valence-corrected chi connectivity index (χ0v) is 12.1. The molecule has 2 aliphatic heterocycles. The van der Waals surface area contributed by atoms with Gasteiger partial charge in [-0.1, -0.05) is 0 Å². The molecular formula is C14H16F2N4O2. The van der Waals surface area contributed by atoms with Crippen molar-refractivity contribution in [2.24, 2.45) is 0 Å². The molecule has 1 N–H and O–H groups in total. The van der Waals surface area contributed by atoms with E-state index in [1.54, 1.807) is 0 Å². The summed E-state index contributed by atoms with van der Waals surface area (Å²) in [5, 5.41) is 2.73. The van der Waals surface area contributed by atoms with Gasteiger partial charge in [-0.05, 0) is 12.8 Å². The number of likely N-dealkylation sites (tertiary alicyclic amines) is 1. The van der Waals surface area contributed by atoms with E-state index in [1.165, 1.54) is 7.05 Å². The molecule has 3 rings (SSSR count). The minimum Gasteiger partial charge on any atom is -0.323 e. The lowest BCUT2D eigenvalue weighted by Crippen LogP contribution is -2.54. The summed E-state index contributed by atoms with van der Waals surface area (Å²) in [4.78, 5) is 30.2. The largest absolute Gasteiger partial charge is 0.324 e. The summed E-state index contributed by atoms with van der Waals surface area (Å²) >= 11 is 0. The molecule has 0 aliphatic carbocycles. The fourth-order valence-corrected chi connectivity index (χ4v) is 3.00. The summed E-state index contributed by atoms with van der Waals surface area (Å²) < 4.78 is 27.2. The highest BCUT2D eigenvalue weighted by atomic mass is 19.1. The Balaban J connectivity index is 1.68. The first-order valence-corrected chi connectivity index (χ1v) is 7.03. The summed E-state index contributed by atoms with van der Waals surface area (Å²) in [5.74, 6) is -1.59. The van der Waals surface area contributed by atoms with Crippen LogP contribution >= 0.6 is 0 Å². The number of carbonyl (C=O) groups is 2. The van der Waals surface area contributed by atoms with Crippen molar-refractivity contribution >= 4 is 11.9 Å². The molecule has 0 unspecified atom stereocenters. The number of likely N-dealkylation sites (N-methyl/N-ethyl adjacent to an activating group) is 1. The van der Waals surface area contributed by atoms with Crippen LogP contribution in [0, 0.1) is 11.6 Å². The van der Waals surface area contributed by atoms with E-state index in [4.69, 9.17) is 0 Å². The number of hydrogen-bond acceptors (Lipinski definition) is 4. The number of aromatic nitrogens is 1. The maximum absolute atomic E-state index is 13.6. The maximum atomic E-state index is 13.6. The Bertz CT molecular complexity index is 609. The molecule has 0 radical (unpaired) electrons. The van der Waals surface area contributed by atoms with Crippen molar-refractivity contribution in [1.82, 2.24) is 20.1 Å². The lowest BCUT2D eigenvalue weighted by Gasteiger charge is -2.37. The highest BCUT2D eigenvalue weighted by molar-refractivity contribution is 6.06. The highest BCUT2D eigenvalue weighted by Gasteiger charge is 2.50. The molecule has 1 spiro atoms. The number of carbonyl (C=O) groups excluding carboxylic acids is 2. The number of amides is 3. The van der Waals surface area contributed by atoms with E-state index in [9.17, 15) is 18.4 Å². The summed E-state index contributed by atoms with van der Waals surface area (Å²) in [7, 11) is 1.44. The van der Waals surface area contributed by atoms with Crippen molar-refractivity contribution in [1.29, 1.82) is 0 Å². The first kappa shape index (κ1) is 14.8. The molecule has 0 bridgehead atoms. The molecule has 8 heteroatoms. The van der Waals surface area contributed by atoms with Crippen molar-refractivity contribution in [3.05, 3.63) is 29.6 Å². The van der Waals surface area contributed by atoms with Gasteiger partial charge in [-0.3, -0.25) is 19.6 Å². The topological polar surface area (TPSA) is 65.5 Å². The average Bonchev–Trinajstić information content (AvgIpc) is 2.70. The maximum Gasteiger partial charge on any atom is 0.324 e. The van der Waals surface area contributed by atoms with Gasteiger partial charge >= 0.3 is 6.03 Å². The standard InChI is InChI=1S/C14H16F2N4O2/c1-19-12(21)14(18-13(19)22)2-4-20(5-3-14)8-9-10(15)6-17-7-11(9)16/h6-7H,2-5,8H2,1H3,(H,18,22). The molecule has 2 saturated heterocycles. The van der Waals surface area contributed by atoms with E-state index in [1.807, 2.05) is 4.90 Å². The molecule has 1 aromatic heterocycles. The van der Waals surface area contributed by atoms with Crippen LogP contribution in [0.5, 0.6) is 0 Å². The van der Waals surface area contributed by atoms with Crippen molar-refractivity contribution in [2.45, 2.75) is 24.9 Å². The smallest absolute Gasteiger partial charge is 0.323 e. The molecular weight excluding hydrogens is 294 g/mol. The Hall–Kier alpha value is -2.09. The van der Waals surface area contributed by atoms with Crippen molar-refractivity contribution in [3.63, 3.8) is 0 Å². The molecule has 3 heterocycles. The molecule has 2 fully saturated rings. The van der Waals surface area contributed by atoms with Crippen LogP contribution < -0.4 is 5.32 Å². The number of nitrogens with zero attached hydrogens (tertiary/aromatic N) is 3. The van der Waals surface area contributed by atoms with Gasteiger partial charge in [-0.2, -0.15) is 0 Å². The van der Waals surface area contributed by atoms with Gasteiger partial charge in [0.2, 0.25) is 0 Å². The van der Waals surface area contributed by atoms with Crippen LogP contribution in [0.25, 0.3) is 0 Å². The van der Waals surface area contributed by atoms with Gasteiger partial charge in [0.15, 0.2) is 0 Å². The second-order valence-electron chi connectivity index (χ2n) is 5.73. The third kappa shape index (κ3) is 2.33. The lowest BCUT2D eigenvalue weighted by molar-refractivity contribution is -0.132. The summed E-state index contributed by atoms with van der Waals surface area (Å²) in [6, 6.07) is -0.398. The lowest BCUT2D eigenvalue weighted by atomic mass is 9.87. The number of rotatable bonds is 2. The summed E-state index contributed by atoms with van der Waals surface area (Å²) in [5.41, 5.74) is -0.887. The van der Waals surface area contributed by atoms with E-state index in [0.717, 1.165) is 17.3 Å². The number of pyridine rings is 1. The Morgan fingerprint density at radius 2 is 1.82 bits per heavy atom. The van der Waals surface area contributed by atoms with Crippen LogP contribution in [0.3, 0.4) is 0 Å². The number of halogens is 2. The van der Waals surface area contributed by atoms with Gasteiger partial charge in [0.25, 0.3) is 5.91 Å². The second-order valence-corrected chi connectivity index (χ2v) is 5.73. The van der Waals surface area contributed by atoms with Crippen molar-refractivity contribution in [2.75, 3.05) is 20.1 Å². The second kappa shape index (κ2) is 5.28. The molecule has 3 amide bonds. The van der Waals surface area contributed by atoms with E-state index in [2.05, 4.69) is 10.3 Å². The minimum atomic E-state index is -0.863. The SMILES string of the molecule is CN1C(=O)NC2(CCN(Cc3c(F)cncc3F)CC2)C1=O. The molecule has 0 atom stereocenters. The highest BCUT2D eigenvalue weighted by Crippen LogP contribution is 2.29. The van der Waals surface area contributed by atoms with Crippen LogP contribution in [0.1, 0.15) is 18.4 Å². The van der Waals surface area contributed by atoms with Crippen LogP contribution in [0.15, 0.2) is 12.4 Å². The van der Waals surface area contributed by atoms with E-state index < -0.39 is 23.2 Å². The van der Waals surface area contributed by atoms with Crippen LogP contribution in [0.2, 0.25) is 0 Å². The zero-order valence-electron chi connectivity index (χ0n) is 12.1. The molecule has 2 aliphatic rings. The van der Waals surface area contributed by atoms with Gasteiger partial charge in [-0.25, -0.2) is 13.6 Å². The normalized spacial score (nSPS) is 21.5. The van der Waals surface area contributed by atoms with Gasteiger partial charge in [0.1, 0.15) is 17.2 Å². The summed E-state index contributed by atoms with van der Waals surface area (Å²) in [6.07, 6.45) is 2.82. The Kier molecular flexibility index (Phi) is 3.56. The monoisotopic (exact) mass is 310 g/mol. The predicted octanol–water partition coefficient (Wildman–Crippen LogP) is 0.876. The van der Waals surface area contributed by atoms with Gasteiger partial charge in [0.05, 0.1) is 12.4 Å². The quantitative estimate of drug-likeness (QED) is 0.824. The van der Waals surface area contributed by atoms with Gasteiger partial charge < -0.3 is 5.32 Å². The Morgan fingerprint density at radius 1 is 1.23 bits per heavy atom. The number of urea groups is 1. The van der Waals surface area contributed by atoms with E-state index in [-0.39, 0.29) is 18.0 Å². The summed E-state index contributed by atoms with van der Waals surface area (Å²) in [6.45, 7) is 1.07. The fourth-order valence-electron chi connectivity index (χ4n) is 3.00. The van der Waals surface area contributed by atoms with Crippen LogP contribution in [0.4, 0.5) is 13.6 Å². The van der Waals surface area contributed by atoms with Crippen molar-refractivity contribution in [3.8, 4) is 0 Å². The Labute approximate surface area is 126 Å². The molecule has 1 aromatic rings. The molecule has 0 saturated carbocycles. The first-order chi connectivity index (χ1) is 10.4. The fraction of sp³-hybridized carbons (Fsp3) is 0.500. The number of piperidine rings is 1. The van der Waals surface area contributed by atoms with Gasteiger partial charge in [-0.15, -0.1) is 0 Å². The third-order valence-corrected chi connectivity index (χ3v) is 4.41. The number of hydrogen-bond donors (Lipinski definition) is 1. The third-order valence-electron chi connectivity index (χ3n) is 4.41. The zero-order chi connectivity index (χ0) is 15.9.